The fourth-order valence-electron chi connectivity index (χ4n) is 4.16. The molecule has 3 rings (SSSR count). The number of ether oxygens (including phenoxy) is 1. The zero-order valence-electron chi connectivity index (χ0n) is 16.9. The van der Waals surface area contributed by atoms with Gasteiger partial charge in [-0.2, -0.15) is 5.26 Å². The maximum Gasteiger partial charge on any atom is 0.162 e. The quantitative estimate of drug-likeness (QED) is 0.828. The number of Topliss-reactive ketones (excluding diaryl/α,β-unsaturated/α-hetero) is 1. The molecule has 148 valence electrons. The molecular weight excluding hydrogens is 356 g/mol. The highest BCUT2D eigenvalue weighted by Gasteiger charge is 2.45. The zero-order chi connectivity index (χ0) is 20.8. The number of hydrogen-bond acceptors (Lipinski definition) is 7. The highest BCUT2D eigenvalue weighted by atomic mass is 16.5. The summed E-state index contributed by atoms with van der Waals surface area (Å²) in [5, 5.41) is 23.4. The fraction of sp³-hybridized carbons (Fsp3) is 0.429. The summed E-state index contributed by atoms with van der Waals surface area (Å²) < 4.78 is 5.23. The maximum absolute atomic E-state index is 13.2. The smallest absolute Gasteiger partial charge is 0.162 e. The van der Waals surface area contributed by atoms with E-state index in [-0.39, 0.29) is 22.7 Å². The van der Waals surface area contributed by atoms with Crippen LogP contribution in [0.5, 0.6) is 11.5 Å². The number of phenols is 1. The Kier molecular flexibility index (Phi) is 4.86. The van der Waals surface area contributed by atoms with E-state index in [0.717, 1.165) is 5.70 Å². The molecule has 3 N–H and O–H groups in total. The van der Waals surface area contributed by atoms with Gasteiger partial charge in [0, 0.05) is 31.8 Å². The molecule has 0 saturated carbocycles. The lowest BCUT2D eigenvalue weighted by Gasteiger charge is -2.45. The van der Waals surface area contributed by atoms with Gasteiger partial charge < -0.3 is 15.6 Å². The number of benzene rings is 1. The predicted octanol–water partition coefficient (Wildman–Crippen LogP) is 2.61. The molecule has 1 aromatic carbocycles. The molecule has 28 heavy (non-hydrogen) atoms. The van der Waals surface area contributed by atoms with Crippen molar-refractivity contribution in [1.82, 2.24) is 10.0 Å². The summed E-state index contributed by atoms with van der Waals surface area (Å²) in [6, 6.07) is 7.08. The van der Waals surface area contributed by atoms with Crippen LogP contribution in [0.2, 0.25) is 0 Å². The van der Waals surface area contributed by atoms with Gasteiger partial charge >= 0.3 is 0 Å². The van der Waals surface area contributed by atoms with Gasteiger partial charge in [-0.25, -0.2) is 5.01 Å². The molecule has 1 unspecified atom stereocenters. The number of carbonyl (C=O) groups is 1. The van der Waals surface area contributed by atoms with Crippen molar-refractivity contribution in [2.45, 2.75) is 32.6 Å². The fourth-order valence-corrected chi connectivity index (χ4v) is 4.16. The largest absolute Gasteiger partial charge is 0.504 e. The zero-order valence-corrected chi connectivity index (χ0v) is 16.9. The molecule has 0 fully saturated rings. The second-order valence-electron chi connectivity index (χ2n) is 8.24. The summed E-state index contributed by atoms with van der Waals surface area (Å²) >= 11 is 0. The molecule has 0 saturated heterocycles. The summed E-state index contributed by atoms with van der Waals surface area (Å²) in [5.74, 6) is 0.0189. The van der Waals surface area contributed by atoms with Gasteiger partial charge in [0.2, 0.25) is 0 Å². The normalized spacial score (nSPS) is 21.7. The Hall–Kier alpha value is -2.98. The van der Waals surface area contributed by atoms with E-state index in [2.05, 4.69) is 19.9 Å². The van der Waals surface area contributed by atoms with Crippen LogP contribution in [0.15, 0.2) is 40.9 Å². The molecule has 1 aromatic rings. The number of methoxy groups -OCH3 is 1. The number of carbonyl (C=O) groups excluding carboxylic acids is 1. The Bertz CT molecular complexity index is 937. The first-order valence-corrected chi connectivity index (χ1v) is 9.11. The van der Waals surface area contributed by atoms with Crippen molar-refractivity contribution in [2.24, 2.45) is 11.1 Å². The third-order valence-electron chi connectivity index (χ3n) is 5.29. The summed E-state index contributed by atoms with van der Waals surface area (Å²) in [4.78, 5) is 13.2. The van der Waals surface area contributed by atoms with Gasteiger partial charge in [0.05, 0.1) is 24.7 Å². The molecule has 0 amide bonds. The number of aromatic hydroxyl groups is 1. The number of ketones is 1. The van der Waals surface area contributed by atoms with Crippen LogP contribution in [0.4, 0.5) is 0 Å². The third kappa shape index (κ3) is 3.10. The van der Waals surface area contributed by atoms with Crippen LogP contribution in [0.3, 0.4) is 0 Å². The lowest BCUT2D eigenvalue weighted by Crippen LogP contribution is -2.47. The first kappa shape index (κ1) is 19.8. The van der Waals surface area contributed by atoms with Crippen molar-refractivity contribution < 1.29 is 14.6 Å². The monoisotopic (exact) mass is 382 g/mol. The Labute approximate surface area is 165 Å². The van der Waals surface area contributed by atoms with E-state index in [1.807, 2.05) is 14.1 Å². The lowest BCUT2D eigenvalue weighted by atomic mass is 9.69. The Morgan fingerprint density at radius 3 is 2.61 bits per heavy atom. The van der Waals surface area contributed by atoms with E-state index >= 15 is 0 Å². The number of nitrogens with zero attached hydrogens (tertiary/aromatic N) is 3. The van der Waals surface area contributed by atoms with E-state index in [9.17, 15) is 15.2 Å². The first-order valence-electron chi connectivity index (χ1n) is 9.11. The minimum Gasteiger partial charge on any atom is -0.504 e. The van der Waals surface area contributed by atoms with Crippen molar-refractivity contribution in [1.29, 1.82) is 5.26 Å². The van der Waals surface area contributed by atoms with Gasteiger partial charge in [-0.15, -0.1) is 0 Å². The minimum atomic E-state index is -0.589. The molecule has 7 heteroatoms. The minimum absolute atomic E-state index is 0.00209. The molecule has 1 aliphatic heterocycles. The average molecular weight is 382 g/mol. The Balaban J connectivity index is 2.29. The molecule has 0 aromatic heterocycles. The third-order valence-corrected chi connectivity index (χ3v) is 5.29. The summed E-state index contributed by atoms with van der Waals surface area (Å²) in [6.07, 6.45) is 1.06. The molecule has 0 bridgehead atoms. The lowest BCUT2D eigenvalue weighted by molar-refractivity contribution is -0.119. The van der Waals surface area contributed by atoms with E-state index < -0.39 is 5.92 Å². The Morgan fingerprint density at radius 1 is 1.36 bits per heavy atom. The van der Waals surface area contributed by atoms with Crippen molar-refractivity contribution in [2.75, 3.05) is 21.2 Å². The van der Waals surface area contributed by atoms with E-state index in [0.29, 0.717) is 35.4 Å². The van der Waals surface area contributed by atoms with E-state index in [1.54, 1.807) is 22.2 Å². The van der Waals surface area contributed by atoms with Gasteiger partial charge in [0.1, 0.15) is 5.82 Å². The molecule has 0 spiro atoms. The van der Waals surface area contributed by atoms with Crippen LogP contribution in [-0.2, 0) is 4.79 Å². The molecule has 7 nitrogen and oxygen atoms in total. The topological polar surface area (TPSA) is 103 Å². The van der Waals surface area contributed by atoms with Crippen LogP contribution in [0.25, 0.3) is 0 Å². The number of hydrogen-bond donors (Lipinski definition) is 2. The number of allylic oxidation sites excluding steroid dienone is 3. The second kappa shape index (κ2) is 6.88. The Morgan fingerprint density at radius 2 is 2.04 bits per heavy atom. The highest BCUT2D eigenvalue weighted by molar-refractivity contribution is 6.00. The standard InChI is InChI=1S/C21H26N4O3/c1-21(2)9-14-19(16(27)10-21)18(12-6-7-15(26)17(8-12)28-5)13(11-22)20(23)25(14)24(3)4/h6-8,18,26H,9-10,23H2,1-5H3. The van der Waals surface area contributed by atoms with Crippen molar-refractivity contribution in [3.63, 3.8) is 0 Å². The predicted molar refractivity (Wildman–Crippen MR) is 105 cm³/mol. The van der Waals surface area contributed by atoms with Gasteiger partial charge in [0.25, 0.3) is 0 Å². The van der Waals surface area contributed by atoms with Crippen LogP contribution in [0.1, 0.15) is 38.2 Å². The number of phenolic OH excluding ortho intramolecular Hbond substituents is 1. The van der Waals surface area contributed by atoms with Crippen LogP contribution < -0.4 is 10.5 Å². The van der Waals surface area contributed by atoms with E-state index in [1.165, 1.54) is 13.2 Å². The first-order chi connectivity index (χ1) is 13.1. The van der Waals surface area contributed by atoms with Gasteiger partial charge in [0.15, 0.2) is 17.3 Å². The maximum atomic E-state index is 13.2. The molecule has 1 heterocycles. The van der Waals surface area contributed by atoms with Gasteiger partial charge in [-0.3, -0.25) is 9.80 Å². The molecule has 0 radical (unpaired) electrons. The number of hydrazine groups is 1. The summed E-state index contributed by atoms with van der Waals surface area (Å²) in [7, 11) is 5.13. The SMILES string of the molecule is COc1cc(C2C(C#N)=C(N)N(N(C)C)C3=C2C(=O)CC(C)(C)C3)ccc1O. The average Bonchev–Trinajstić information content (AvgIpc) is 2.59. The molecule has 1 atom stereocenters. The number of nitriles is 1. The van der Waals surface area contributed by atoms with Crippen LogP contribution >= 0.6 is 0 Å². The number of rotatable bonds is 3. The van der Waals surface area contributed by atoms with Crippen molar-refractivity contribution in [3.8, 4) is 17.6 Å². The summed E-state index contributed by atoms with van der Waals surface area (Å²) in [5.41, 5.74) is 8.63. The summed E-state index contributed by atoms with van der Waals surface area (Å²) in [6.45, 7) is 4.11. The van der Waals surface area contributed by atoms with Crippen LogP contribution in [0, 0.1) is 16.7 Å². The van der Waals surface area contributed by atoms with Crippen molar-refractivity contribution in [3.05, 3.63) is 46.4 Å². The molecule has 2 aliphatic rings. The van der Waals surface area contributed by atoms with Gasteiger partial charge in [-0.05, 0) is 29.5 Å². The van der Waals surface area contributed by atoms with E-state index in [4.69, 9.17) is 10.5 Å². The van der Waals surface area contributed by atoms with Gasteiger partial charge in [-0.1, -0.05) is 19.9 Å². The van der Waals surface area contributed by atoms with Crippen LogP contribution in [-0.4, -0.2) is 42.1 Å². The molecular formula is C21H26N4O3. The number of nitrogens with two attached hydrogens (primary N) is 1. The second-order valence-corrected chi connectivity index (χ2v) is 8.24. The highest BCUT2D eigenvalue weighted by Crippen LogP contribution is 2.49. The molecule has 1 aliphatic carbocycles. The van der Waals surface area contributed by atoms with Crippen molar-refractivity contribution >= 4 is 5.78 Å².